The zero-order chi connectivity index (χ0) is 17.3. The van der Waals surface area contributed by atoms with Crippen molar-refractivity contribution in [2.24, 2.45) is 0 Å². The number of aromatic nitrogens is 2. The summed E-state index contributed by atoms with van der Waals surface area (Å²) in [6.45, 7) is 5.60. The van der Waals surface area contributed by atoms with Crippen LogP contribution in [0.3, 0.4) is 0 Å². The van der Waals surface area contributed by atoms with Gasteiger partial charge in [0.2, 0.25) is 15.9 Å². The number of carbonyl (C=O) groups excluding carboxylic acids is 1. The molecule has 0 bridgehead atoms. The Labute approximate surface area is 140 Å². The first-order valence-electron chi connectivity index (χ1n) is 7.46. The van der Waals surface area contributed by atoms with Crippen LogP contribution < -0.4 is 5.32 Å². The van der Waals surface area contributed by atoms with Crippen LogP contribution in [-0.4, -0.2) is 47.5 Å². The van der Waals surface area contributed by atoms with Crippen LogP contribution in [0.4, 0.5) is 0 Å². The minimum Gasteiger partial charge on any atom is -0.347 e. The fourth-order valence-electron chi connectivity index (χ4n) is 2.60. The first-order chi connectivity index (χ1) is 11.4. The molecule has 2 aromatic rings. The Hall–Kier alpha value is -2.45. The SMILES string of the molecule is C=CC(=O)NC1CN(S(=O)(=O)c2cnn(-c3ccccc3)c2C)C1. The van der Waals surface area contributed by atoms with E-state index in [0.717, 1.165) is 5.69 Å². The smallest absolute Gasteiger partial charge is 0.246 e. The summed E-state index contributed by atoms with van der Waals surface area (Å²) in [5.41, 5.74) is 1.36. The van der Waals surface area contributed by atoms with Crippen molar-refractivity contribution in [1.82, 2.24) is 19.4 Å². The minimum atomic E-state index is -3.62. The van der Waals surface area contributed by atoms with Crippen molar-refractivity contribution in [3.8, 4) is 5.69 Å². The van der Waals surface area contributed by atoms with Crippen LogP contribution in [0.15, 0.2) is 54.1 Å². The van der Waals surface area contributed by atoms with Gasteiger partial charge in [-0.05, 0) is 25.1 Å². The third kappa shape index (κ3) is 2.85. The maximum Gasteiger partial charge on any atom is 0.246 e. The molecule has 3 rings (SSSR count). The quantitative estimate of drug-likeness (QED) is 0.814. The topological polar surface area (TPSA) is 84.3 Å². The number of carbonyl (C=O) groups is 1. The average Bonchev–Trinajstić information content (AvgIpc) is 2.93. The van der Waals surface area contributed by atoms with E-state index in [2.05, 4.69) is 17.0 Å². The number of nitrogens with zero attached hydrogens (tertiary/aromatic N) is 3. The molecule has 24 heavy (non-hydrogen) atoms. The van der Waals surface area contributed by atoms with Gasteiger partial charge in [-0.25, -0.2) is 13.1 Å². The van der Waals surface area contributed by atoms with Crippen molar-refractivity contribution in [3.63, 3.8) is 0 Å². The minimum absolute atomic E-state index is 0.180. The normalized spacial score (nSPS) is 15.7. The molecule has 2 heterocycles. The number of amides is 1. The molecule has 0 atom stereocenters. The molecule has 1 aromatic heterocycles. The molecule has 8 heteroatoms. The van der Waals surface area contributed by atoms with Gasteiger partial charge in [0, 0.05) is 13.1 Å². The molecule has 126 valence electrons. The molecule has 7 nitrogen and oxygen atoms in total. The first kappa shape index (κ1) is 16.4. The van der Waals surface area contributed by atoms with Gasteiger partial charge >= 0.3 is 0 Å². The zero-order valence-corrected chi connectivity index (χ0v) is 14.0. The summed E-state index contributed by atoms with van der Waals surface area (Å²) < 4.78 is 28.4. The molecule has 1 N–H and O–H groups in total. The van der Waals surface area contributed by atoms with Gasteiger partial charge in [-0.2, -0.15) is 9.40 Å². The molecule has 0 unspecified atom stereocenters. The second-order valence-electron chi connectivity index (χ2n) is 5.57. The standard InChI is InChI=1S/C16H18N4O3S/c1-3-16(21)18-13-10-19(11-13)24(22,23)15-9-17-20(12(15)2)14-7-5-4-6-8-14/h3-9,13H,1,10-11H2,2H3,(H,18,21). The highest BCUT2D eigenvalue weighted by atomic mass is 32.2. The summed E-state index contributed by atoms with van der Waals surface area (Å²) in [6, 6.07) is 9.16. The molecule has 1 aliphatic rings. The Morgan fingerprint density at radius 3 is 2.62 bits per heavy atom. The monoisotopic (exact) mass is 346 g/mol. The third-order valence-electron chi connectivity index (χ3n) is 3.96. The van der Waals surface area contributed by atoms with Gasteiger partial charge in [0.25, 0.3) is 0 Å². The summed E-state index contributed by atoms with van der Waals surface area (Å²) in [7, 11) is -3.62. The molecular formula is C16H18N4O3S. The van der Waals surface area contributed by atoms with E-state index in [1.807, 2.05) is 30.3 Å². The van der Waals surface area contributed by atoms with E-state index in [9.17, 15) is 13.2 Å². The van der Waals surface area contributed by atoms with Crippen LogP contribution in [0.5, 0.6) is 0 Å². The average molecular weight is 346 g/mol. The Kier molecular flexibility index (Phi) is 4.25. The molecule has 0 aliphatic carbocycles. The van der Waals surface area contributed by atoms with E-state index >= 15 is 0 Å². The summed E-state index contributed by atoms with van der Waals surface area (Å²) in [4.78, 5) is 11.4. The number of nitrogens with one attached hydrogen (secondary N) is 1. The Morgan fingerprint density at radius 1 is 1.33 bits per heavy atom. The van der Waals surface area contributed by atoms with Gasteiger partial charge in [0.1, 0.15) is 4.90 Å². The number of hydrogen-bond acceptors (Lipinski definition) is 4. The predicted octanol–water partition coefficient (Wildman–Crippen LogP) is 0.856. The number of para-hydroxylation sites is 1. The fourth-order valence-corrected chi connectivity index (χ4v) is 4.27. The lowest BCUT2D eigenvalue weighted by atomic mass is 10.2. The van der Waals surface area contributed by atoms with E-state index in [0.29, 0.717) is 5.69 Å². The first-order valence-corrected chi connectivity index (χ1v) is 8.90. The zero-order valence-electron chi connectivity index (χ0n) is 13.2. The highest BCUT2D eigenvalue weighted by Crippen LogP contribution is 2.25. The number of sulfonamides is 1. The van der Waals surface area contributed by atoms with Crippen molar-refractivity contribution in [2.75, 3.05) is 13.1 Å². The molecule has 0 radical (unpaired) electrons. The van der Waals surface area contributed by atoms with E-state index < -0.39 is 10.0 Å². The highest BCUT2D eigenvalue weighted by Gasteiger charge is 2.38. The Bertz CT molecular complexity index is 868. The van der Waals surface area contributed by atoms with Gasteiger partial charge in [-0.15, -0.1) is 0 Å². The summed E-state index contributed by atoms with van der Waals surface area (Å²) >= 11 is 0. The van der Waals surface area contributed by atoms with Crippen molar-refractivity contribution >= 4 is 15.9 Å². The van der Waals surface area contributed by atoms with E-state index in [1.54, 1.807) is 11.6 Å². The molecular weight excluding hydrogens is 328 g/mol. The molecule has 1 aromatic carbocycles. The lowest BCUT2D eigenvalue weighted by Crippen LogP contribution is -2.60. The van der Waals surface area contributed by atoms with Gasteiger partial charge in [-0.3, -0.25) is 4.79 Å². The fraction of sp³-hybridized carbons (Fsp3) is 0.250. The largest absolute Gasteiger partial charge is 0.347 e. The van der Waals surface area contributed by atoms with Crippen molar-refractivity contribution < 1.29 is 13.2 Å². The number of hydrogen-bond donors (Lipinski definition) is 1. The molecule has 1 saturated heterocycles. The third-order valence-corrected chi connectivity index (χ3v) is 5.90. The van der Waals surface area contributed by atoms with Crippen LogP contribution >= 0.6 is 0 Å². The highest BCUT2D eigenvalue weighted by molar-refractivity contribution is 7.89. The molecule has 0 saturated carbocycles. The molecule has 0 spiro atoms. The van der Waals surface area contributed by atoms with Gasteiger partial charge in [-0.1, -0.05) is 24.8 Å². The van der Waals surface area contributed by atoms with Crippen molar-refractivity contribution in [3.05, 3.63) is 54.9 Å². The van der Waals surface area contributed by atoms with E-state index in [4.69, 9.17) is 0 Å². The Balaban J connectivity index is 1.79. The van der Waals surface area contributed by atoms with Crippen molar-refractivity contribution in [2.45, 2.75) is 17.9 Å². The van der Waals surface area contributed by atoms with Crippen molar-refractivity contribution in [1.29, 1.82) is 0 Å². The van der Waals surface area contributed by atoms with Gasteiger partial charge in [0.15, 0.2) is 0 Å². The van der Waals surface area contributed by atoms with Gasteiger partial charge in [0.05, 0.1) is 23.6 Å². The van der Waals surface area contributed by atoms with E-state index in [-0.39, 0.29) is 29.9 Å². The van der Waals surface area contributed by atoms with Crippen LogP contribution in [0, 0.1) is 6.92 Å². The lowest BCUT2D eigenvalue weighted by molar-refractivity contribution is -0.117. The molecule has 1 aliphatic heterocycles. The second-order valence-corrected chi connectivity index (χ2v) is 7.48. The van der Waals surface area contributed by atoms with Gasteiger partial charge < -0.3 is 5.32 Å². The lowest BCUT2D eigenvalue weighted by Gasteiger charge is -2.37. The molecule has 1 amide bonds. The van der Waals surface area contributed by atoms with Crippen LogP contribution in [0.2, 0.25) is 0 Å². The summed E-state index contributed by atoms with van der Waals surface area (Å²) in [5.74, 6) is -0.301. The maximum atomic E-state index is 12.7. The Morgan fingerprint density at radius 2 is 2.00 bits per heavy atom. The molecule has 1 fully saturated rings. The second kappa shape index (κ2) is 6.21. The van der Waals surface area contributed by atoms with Crippen LogP contribution in [0.1, 0.15) is 5.69 Å². The number of benzene rings is 1. The summed E-state index contributed by atoms with van der Waals surface area (Å²) in [5, 5.41) is 6.88. The number of rotatable bonds is 5. The van der Waals surface area contributed by atoms with E-state index in [1.165, 1.54) is 16.6 Å². The predicted molar refractivity (Wildman–Crippen MR) is 89.2 cm³/mol. The van der Waals surface area contributed by atoms with Crippen LogP contribution in [0.25, 0.3) is 5.69 Å². The van der Waals surface area contributed by atoms with Crippen LogP contribution in [-0.2, 0) is 14.8 Å². The summed E-state index contributed by atoms with van der Waals surface area (Å²) in [6.07, 6.45) is 2.54. The maximum absolute atomic E-state index is 12.7.